The van der Waals surface area contributed by atoms with Gasteiger partial charge < -0.3 is 19.1 Å². The third-order valence-corrected chi connectivity index (χ3v) is 8.34. The van der Waals surface area contributed by atoms with Crippen molar-refractivity contribution in [2.45, 2.75) is 19.4 Å². The van der Waals surface area contributed by atoms with Crippen molar-refractivity contribution in [1.82, 2.24) is 14.8 Å². The van der Waals surface area contributed by atoms with Gasteiger partial charge in [0.25, 0.3) is 11.8 Å². The number of carbonyl (C=O) groups is 2. The molecule has 41 heavy (non-hydrogen) atoms. The number of morpholine rings is 1. The van der Waals surface area contributed by atoms with Crippen LogP contribution in [0, 0.1) is 6.92 Å². The second-order valence-corrected chi connectivity index (χ2v) is 11.1. The molecule has 1 fully saturated rings. The van der Waals surface area contributed by atoms with Crippen LogP contribution in [-0.4, -0.2) is 92.5 Å². The lowest BCUT2D eigenvalue weighted by Gasteiger charge is -2.31. The molecular formula is C31H36N4O5S. The SMILES string of the molecule is COc1ccc(C2=NN(C(=O)CN(CCN3CCOCC3)C(=O)c3cccs3)[C@@H](c3ccc(C)cc3)C2)c(OC)c1. The fourth-order valence-corrected chi connectivity index (χ4v) is 5.81. The third kappa shape index (κ3) is 6.78. The molecule has 1 saturated heterocycles. The average molecular weight is 577 g/mol. The number of amides is 2. The van der Waals surface area contributed by atoms with E-state index in [4.69, 9.17) is 19.3 Å². The quantitative estimate of drug-likeness (QED) is 0.359. The Labute approximate surface area is 244 Å². The molecule has 10 heteroatoms. The number of methoxy groups -OCH3 is 2. The maximum atomic E-state index is 14.0. The first kappa shape index (κ1) is 28.8. The van der Waals surface area contributed by atoms with Gasteiger partial charge in [0.1, 0.15) is 18.0 Å². The molecule has 5 rings (SSSR count). The van der Waals surface area contributed by atoms with Gasteiger partial charge in [-0.15, -0.1) is 11.3 Å². The summed E-state index contributed by atoms with van der Waals surface area (Å²) in [7, 11) is 3.22. The van der Waals surface area contributed by atoms with Crippen molar-refractivity contribution >= 4 is 28.9 Å². The molecule has 2 aliphatic heterocycles. The highest BCUT2D eigenvalue weighted by Crippen LogP contribution is 2.36. The second-order valence-electron chi connectivity index (χ2n) is 10.1. The van der Waals surface area contributed by atoms with E-state index in [2.05, 4.69) is 4.90 Å². The van der Waals surface area contributed by atoms with Crippen LogP contribution in [0.1, 0.15) is 38.8 Å². The molecule has 0 N–H and O–H groups in total. The topological polar surface area (TPSA) is 83.9 Å². The molecule has 0 radical (unpaired) electrons. The van der Waals surface area contributed by atoms with E-state index in [1.807, 2.05) is 60.8 Å². The monoisotopic (exact) mass is 576 g/mol. The van der Waals surface area contributed by atoms with Crippen LogP contribution in [0.4, 0.5) is 0 Å². The summed E-state index contributed by atoms with van der Waals surface area (Å²) in [6, 6.07) is 17.1. The predicted octanol–water partition coefficient (Wildman–Crippen LogP) is 4.23. The van der Waals surface area contributed by atoms with Gasteiger partial charge in [-0.1, -0.05) is 35.9 Å². The summed E-state index contributed by atoms with van der Waals surface area (Å²) in [6.45, 7) is 6.06. The van der Waals surface area contributed by atoms with Crippen LogP contribution < -0.4 is 9.47 Å². The van der Waals surface area contributed by atoms with E-state index < -0.39 is 0 Å². The zero-order valence-electron chi connectivity index (χ0n) is 23.7. The van der Waals surface area contributed by atoms with Gasteiger partial charge in [-0.05, 0) is 36.1 Å². The van der Waals surface area contributed by atoms with E-state index in [0.717, 1.165) is 35.5 Å². The zero-order chi connectivity index (χ0) is 28.8. The fraction of sp³-hybridized carbons (Fsp3) is 0.387. The summed E-state index contributed by atoms with van der Waals surface area (Å²) in [5.41, 5.74) is 3.67. The highest BCUT2D eigenvalue weighted by atomic mass is 32.1. The van der Waals surface area contributed by atoms with E-state index in [-0.39, 0.29) is 24.4 Å². The van der Waals surface area contributed by atoms with Crippen LogP contribution in [0.2, 0.25) is 0 Å². The van der Waals surface area contributed by atoms with Gasteiger partial charge in [0.2, 0.25) is 0 Å². The molecule has 2 aromatic carbocycles. The maximum Gasteiger partial charge on any atom is 0.264 e. The number of thiophene rings is 1. The minimum Gasteiger partial charge on any atom is -0.497 e. The Balaban J connectivity index is 1.43. The summed E-state index contributed by atoms with van der Waals surface area (Å²) < 4.78 is 16.5. The molecule has 2 aliphatic rings. The highest BCUT2D eigenvalue weighted by Gasteiger charge is 2.35. The van der Waals surface area contributed by atoms with Crippen molar-refractivity contribution in [2.24, 2.45) is 5.10 Å². The van der Waals surface area contributed by atoms with Gasteiger partial charge in [-0.25, -0.2) is 5.01 Å². The Morgan fingerprint density at radius 1 is 1.07 bits per heavy atom. The number of hydrogen-bond acceptors (Lipinski definition) is 8. The van der Waals surface area contributed by atoms with Crippen LogP contribution in [0.25, 0.3) is 0 Å². The molecule has 3 aromatic rings. The van der Waals surface area contributed by atoms with E-state index in [1.165, 1.54) is 11.3 Å². The van der Waals surface area contributed by atoms with Crippen LogP contribution >= 0.6 is 11.3 Å². The molecule has 0 spiro atoms. The van der Waals surface area contributed by atoms with Crippen molar-refractivity contribution in [2.75, 3.05) is 60.2 Å². The van der Waals surface area contributed by atoms with Crippen molar-refractivity contribution in [1.29, 1.82) is 0 Å². The lowest BCUT2D eigenvalue weighted by molar-refractivity contribution is -0.133. The van der Waals surface area contributed by atoms with Gasteiger partial charge >= 0.3 is 0 Å². The zero-order valence-corrected chi connectivity index (χ0v) is 24.6. The third-order valence-electron chi connectivity index (χ3n) is 7.48. The standard InChI is InChI=1S/C31H36N4O5S/c1-22-6-8-23(9-7-22)27-20-26(25-11-10-24(38-2)19-28(25)39-3)32-35(27)30(36)21-34(31(37)29-5-4-18-41-29)13-12-33-14-16-40-17-15-33/h4-11,18-19,27H,12-17,20-21H2,1-3H3/t27-/m1/s1. The Morgan fingerprint density at radius 2 is 1.85 bits per heavy atom. The molecule has 1 atom stereocenters. The molecule has 0 saturated carbocycles. The number of hydrazone groups is 1. The van der Waals surface area contributed by atoms with Gasteiger partial charge in [0.15, 0.2) is 0 Å². The first-order valence-electron chi connectivity index (χ1n) is 13.8. The first-order chi connectivity index (χ1) is 20.0. The summed E-state index contributed by atoms with van der Waals surface area (Å²) in [5.74, 6) is 0.925. The Hall–Kier alpha value is -3.73. The number of carbonyl (C=O) groups excluding carboxylic acids is 2. The summed E-state index contributed by atoms with van der Waals surface area (Å²) in [5, 5.41) is 8.27. The molecule has 0 unspecified atom stereocenters. The van der Waals surface area contributed by atoms with Gasteiger partial charge in [-0.2, -0.15) is 5.10 Å². The minimum atomic E-state index is -0.303. The largest absolute Gasteiger partial charge is 0.497 e. The number of benzene rings is 2. The van der Waals surface area contributed by atoms with Crippen molar-refractivity contribution in [3.63, 3.8) is 0 Å². The highest BCUT2D eigenvalue weighted by molar-refractivity contribution is 7.12. The van der Waals surface area contributed by atoms with E-state index >= 15 is 0 Å². The Morgan fingerprint density at radius 3 is 2.54 bits per heavy atom. The van der Waals surface area contributed by atoms with Crippen molar-refractivity contribution in [3.05, 3.63) is 81.5 Å². The molecule has 0 aliphatic carbocycles. The van der Waals surface area contributed by atoms with Gasteiger partial charge in [0.05, 0.1) is 44.1 Å². The van der Waals surface area contributed by atoms with Crippen LogP contribution in [-0.2, 0) is 9.53 Å². The average Bonchev–Trinajstić information content (AvgIpc) is 3.71. The predicted molar refractivity (Wildman–Crippen MR) is 159 cm³/mol. The van der Waals surface area contributed by atoms with Gasteiger partial charge in [0, 0.05) is 44.2 Å². The van der Waals surface area contributed by atoms with Crippen LogP contribution in [0.15, 0.2) is 65.1 Å². The number of rotatable bonds is 10. The summed E-state index contributed by atoms with van der Waals surface area (Å²) in [6.07, 6.45) is 0.518. The normalized spacial score (nSPS) is 17.3. The molecule has 0 bridgehead atoms. The molecule has 216 valence electrons. The van der Waals surface area contributed by atoms with E-state index in [9.17, 15) is 9.59 Å². The van der Waals surface area contributed by atoms with E-state index in [0.29, 0.717) is 49.1 Å². The van der Waals surface area contributed by atoms with Crippen molar-refractivity contribution < 1.29 is 23.8 Å². The Bertz CT molecular complexity index is 1370. The summed E-state index contributed by atoms with van der Waals surface area (Å²) >= 11 is 1.38. The number of hydrogen-bond donors (Lipinski definition) is 0. The number of ether oxygens (including phenoxy) is 3. The molecule has 1 aromatic heterocycles. The van der Waals surface area contributed by atoms with Crippen LogP contribution in [0.3, 0.4) is 0 Å². The number of nitrogens with zero attached hydrogens (tertiary/aromatic N) is 4. The molecular weight excluding hydrogens is 540 g/mol. The molecule has 3 heterocycles. The van der Waals surface area contributed by atoms with Crippen LogP contribution in [0.5, 0.6) is 11.5 Å². The van der Waals surface area contributed by atoms with E-state index in [1.54, 1.807) is 30.2 Å². The number of aryl methyl sites for hydroxylation is 1. The minimum absolute atomic E-state index is 0.0695. The first-order valence-corrected chi connectivity index (χ1v) is 14.7. The smallest absolute Gasteiger partial charge is 0.264 e. The maximum absolute atomic E-state index is 14.0. The molecule has 9 nitrogen and oxygen atoms in total. The lowest BCUT2D eigenvalue weighted by atomic mass is 9.97. The second kappa shape index (κ2) is 13.3. The lowest BCUT2D eigenvalue weighted by Crippen LogP contribution is -2.46. The fourth-order valence-electron chi connectivity index (χ4n) is 5.12. The van der Waals surface area contributed by atoms with Gasteiger partial charge in [-0.3, -0.25) is 14.5 Å². The van der Waals surface area contributed by atoms with Crippen molar-refractivity contribution in [3.8, 4) is 11.5 Å². The molecule has 2 amide bonds. The Kier molecular flexibility index (Phi) is 9.33. The summed E-state index contributed by atoms with van der Waals surface area (Å²) in [4.78, 5) is 32.0.